The fraction of sp³-hybridized carbons (Fsp3) is 0.0333. The van der Waals surface area contributed by atoms with Gasteiger partial charge in [-0.05, 0) is 29.2 Å². The van der Waals surface area contributed by atoms with E-state index < -0.39 is 137 Å². The molecular formula is C30H3F12N5. The molecule has 0 heterocycles. The molecule has 0 atom stereocenters. The summed E-state index contributed by atoms with van der Waals surface area (Å²) < 4.78 is 177. The molecule has 0 aromatic heterocycles. The van der Waals surface area contributed by atoms with E-state index in [4.69, 9.17) is 23.7 Å². The Morgan fingerprint density at radius 2 is 0.894 bits per heavy atom. The molecule has 4 rings (SSSR count). The molecule has 0 aliphatic heterocycles. The van der Waals surface area contributed by atoms with Crippen molar-refractivity contribution in [2.75, 3.05) is 0 Å². The molecule has 0 spiro atoms. The second kappa shape index (κ2) is 11.8. The third kappa shape index (κ3) is 4.63. The summed E-state index contributed by atoms with van der Waals surface area (Å²) in [7, 11) is 0. The first-order valence-electron chi connectivity index (χ1n) is 11.8. The zero-order valence-corrected chi connectivity index (χ0v) is 22.3. The van der Waals surface area contributed by atoms with E-state index in [2.05, 4.69) is 9.69 Å². The molecule has 47 heavy (non-hydrogen) atoms. The first-order valence-corrected chi connectivity index (χ1v) is 11.8. The molecule has 1 aliphatic carbocycles. The van der Waals surface area contributed by atoms with Crippen molar-refractivity contribution in [1.82, 2.24) is 0 Å². The summed E-state index contributed by atoms with van der Waals surface area (Å²) in [6.07, 6.45) is 0. The van der Waals surface area contributed by atoms with Crippen molar-refractivity contribution in [2.45, 2.75) is 6.92 Å². The topological polar surface area (TPSA) is 80.1 Å². The van der Waals surface area contributed by atoms with Gasteiger partial charge in [0.1, 0.15) is 29.3 Å². The monoisotopic (exact) mass is 661 g/mol. The van der Waals surface area contributed by atoms with E-state index in [1.807, 2.05) is 0 Å². The Hall–Kier alpha value is -6.51. The van der Waals surface area contributed by atoms with Gasteiger partial charge >= 0.3 is 0 Å². The lowest BCUT2D eigenvalue weighted by atomic mass is 9.99. The van der Waals surface area contributed by atoms with E-state index in [1.165, 1.54) is 0 Å². The smallest absolute Gasteiger partial charge is 0.237 e. The van der Waals surface area contributed by atoms with Crippen molar-refractivity contribution in [3.63, 3.8) is 0 Å². The molecule has 0 saturated heterocycles. The van der Waals surface area contributed by atoms with Gasteiger partial charge in [0.2, 0.25) is 5.70 Å². The molecule has 1 aliphatic rings. The fourth-order valence-electron chi connectivity index (χ4n) is 4.58. The maximum Gasteiger partial charge on any atom is 0.262 e. The Balaban J connectivity index is 2.33. The van der Waals surface area contributed by atoms with Crippen molar-refractivity contribution in [3.8, 4) is 18.2 Å². The minimum Gasteiger partial charge on any atom is -0.237 e. The number of rotatable bonds is 3. The van der Waals surface area contributed by atoms with Crippen LogP contribution in [0.1, 0.15) is 34.7 Å². The fourth-order valence-corrected chi connectivity index (χ4v) is 4.58. The normalized spacial score (nSPS) is 15.1. The summed E-state index contributed by atoms with van der Waals surface area (Å²) in [6.45, 7) is 14.7. The van der Waals surface area contributed by atoms with E-state index in [9.17, 15) is 31.6 Å². The van der Waals surface area contributed by atoms with Crippen molar-refractivity contribution in [3.05, 3.63) is 137 Å². The molecule has 0 unspecified atom stereocenters. The Morgan fingerprint density at radius 1 is 0.511 bits per heavy atom. The number of hydrogen-bond donors (Lipinski definition) is 0. The molecule has 3 aromatic carbocycles. The average Bonchev–Trinajstić information content (AvgIpc) is 3.77. The van der Waals surface area contributed by atoms with Crippen LogP contribution >= 0.6 is 0 Å². The molecule has 0 amide bonds. The molecule has 1 saturated carbocycles. The van der Waals surface area contributed by atoms with Crippen molar-refractivity contribution in [1.29, 1.82) is 15.8 Å². The number of nitrogens with zero attached hydrogens (tertiary/aromatic N) is 5. The zero-order valence-electron chi connectivity index (χ0n) is 22.3. The van der Waals surface area contributed by atoms with Crippen molar-refractivity contribution >= 4 is 22.5 Å². The summed E-state index contributed by atoms with van der Waals surface area (Å²) in [5.41, 5.74) is -19.0. The van der Waals surface area contributed by atoms with Crippen LogP contribution in [0.3, 0.4) is 0 Å². The second-order valence-electron chi connectivity index (χ2n) is 9.02. The molecule has 1 fully saturated rings. The molecule has 232 valence electrons. The van der Waals surface area contributed by atoms with Crippen LogP contribution in [-0.4, -0.2) is 0 Å². The standard InChI is InChI=1S/C30H3F12N5/c1-7(12-21(35)17(31)9(5-44)18(32)22(12)36)11-13(8(4-43)14-23(37)27(41)30(47-3)28(42)24(14)38)15(11)29(46-2)16-25(39)19(33)10(6-45)20(34)26(16)40/h1H3/b11-7+,13-8-,29-15-. The Kier molecular flexibility index (Phi) is 8.36. The summed E-state index contributed by atoms with van der Waals surface area (Å²) in [4.78, 5) is 4.95. The number of hydrogen-bond acceptors (Lipinski definition) is 3. The largest absolute Gasteiger partial charge is 0.262 e. The van der Waals surface area contributed by atoms with Gasteiger partial charge in [-0.2, -0.15) is 15.8 Å². The second-order valence-corrected chi connectivity index (χ2v) is 9.02. The highest BCUT2D eigenvalue weighted by molar-refractivity contribution is 6.09. The summed E-state index contributed by atoms with van der Waals surface area (Å²) in [5, 5.41) is 27.5. The van der Waals surface area contributed by atoms with Gasteiger partial charge in [-0.1, -0.05) is 0 Å². The third-order valence-corrected chi connectivity index (χ3v) is 6.74. The minimum atomic E-state index is -2.44. The van der Waals surface area contributed by atoms with Gasteiger partial charge in [-0.3, -0.25) is 0 Å². The molecule has 17 heteroatoms. The quantitative estimate of drug-likeness (QED) is 0.122. The highest BCUT2D eigenvalue weighted by atomic mass is 19.2. The first kappa shape index (κ1) is 33.4. The average molecular weight is 661 g/mol. The van der Waals surface area contributed by atoms with E-state index in [0.29, 0.717) is 6.92 Å². The molecule has 3 aromatic rings. The van der Waals surface area contributed by atoms with E-state index >= 15 is 26.3 Å². The Labute approximate surface area is 253 Å². The maximum absolute atomic E-state index is 15.0. The van der Waals surface area contributed by atoms with E-state index in [-0.39, 0.29) is 0 Å². The molecule has 0 N–H and O–H groups in total. The maximum atomic E-state index is 15.0. The molecular weight excluding hydrogens is 658 g/mol. The van der Waals surface area contributed by atoms with Crippen molar-refractivity contribution < 1.29 is 52.7 Å². The molecule has 0 radical (unpaired) electrons. The van der Waals surface area contributed by atoms with Crippen LogP contribution in [0.25, 0.3) is 26.5 Å². The van der Waals surface area contributed by atoms with Gasteiger partial charge in [0, 0.05) is 0 Å². The number of benzene rings is 3. The van der Waals surface area contributed by atoms with Crippen LogP contribution in [-0.2, 0) is 0 Å². The number of allylic oxidation sites excluding steroid dienone is 5. The van der Waals surface area contributed by atoms with Gasteiger partial charge in [-0.25, -0.2) is 62.4 Å². The van der Waals surface area contributed by atoms with Gasteiger partial charge in [0.25, 0.3) is 5.69 Å². The number of halogens is 12. The van der Waals surface area contributed by atoms with Crippen LogP contribution in [0.2, 0.25) is 0 Å². The van der Waals surface area contributed by atoms with E-state index in [1.54, 1.807) is 0 Å². The molecule has 0 bridgehead atoms. The van der Waals surface area contributed by atoms with Gasteiger partial charge in [0.05, 0.1) is 35.4 Å². The highest BCUT2D eigenvalue weighted by Crippen LogP contribution is 2.58. The summed E-state index contributed by atoms with van der Waals surface area (Å²) >= 11 is 0. The van der Waals surface area contributed by atoms with Gasteiger partial charge in [-0.15, -0.1) is 0 Å². The zero-order chi connectivity index (χ0) is 35.4. The predicted octanol–water partition coefficient (Wildman–Crippen LogP) is 8.75. The van der Waals surface area contributed by atoms with Gasteiger partial charge in [0.15, 0.2) is 69.8 Å². The Bertz CT molecular complexity index is 2130. The van der Waals surface area contributed by atoms with Gasteiger partial charge < -0.3 is 0 Å². The third-order valence-electron chi connectivity index (χ3n) is 6.74. The SMILES string of the molecule is [C-]#[N+]/C(=C1/C(=C(\C)c2c(F)c(F)c(C#N)c(F)c2F)/C1=C(\C#N)c1c(F)c(F)c([N+]#[C-])c(F)c1F)c1c(F)c(F)c(C#N)c(F)c1F. The summed E-state index contributed by atoms with van der Waals surface area (Å²) in [5.74, 6) is -28.5. The predicted molar refractivity (Wildman–Crippen MR) is 133 cm³/mol. The Morgan fingerprint density at radius 3 is 1.23 bits per heavy atom. The summed E-state index contributed by atoms with van der Waals surface area (Å²) in [6, 6.07) is 2.69. The molecule has 5 nitrogen and oxygen atoms in total. The van der Waals surface area contributed by atoms with Crippen molar-refractivity contribution in [2.24, 2.45) is 0 Å². The van der Waals surface area contributed by atoms with Crippen LogP contribution in [0.4, 0.5) is 58.4 Å². The highest BCUT2D eigenvalue weighted by Gasteiger charge is 2.45. The van der Waals surface area contributed by atoms with Crippen LogP contribution in [0, 0.1) is 117 Å². The lowest BCUT2D eigenvalue weighted by Gasteiger charge is -2.09. The van der Waals surface area contributed by atoms with Crippen LogP contribution in [0.15, 0.2) is 16.7 Å². The van der Waals surface area contributed by atoms with Crippen LogP contribution < -0.4 is 0 Å². The van der Waals surface area contributed by atoms with E-state index in [0.717, 1.165) is 18.2 Å². The minimum absolute atomic E-state index is 0.563. The first-order chi connectivity index (χ1) is 22.1. The number of nitriles is 3. The lowest BCUT2D eigenvalue weighted by molar-refractivity contribution is 0.446. The van der Waals surface area contributed by atoms with Crippen LogP contribution in [0.5, 0.6) is 0 Å². The lowest BCUT2D eigenvalue weighted by Crippen LogP contribution is -2.06.